The Bertz CT molecular complexity index is 609. The van der Waals surface area contributed by atoms with Gasteiger partial charge in [-0.15, -0.1) is 0 Å². The Kier molecular flexibility index (Phi) is 5.29. The van der Waals surface area contributed by atoms with E-state index in [0.717, 1.165) is 6.26 Å². The van der Waals surface area contributed by atoms with Crippen LogP contribution in [-0.2, 0) is 20.0 Å². The van der Waals surface area contributed by atoms with Crippen LogP contribution in [0.4, 0.5) is 5.69 Å². The first-order chi connectivity index (χ1) is 8.71. The molecule has 0 aliphatic carbocycles. The highest BCUT2D eigenvalue weighted by atomic mass is 32.2. The SMILES string of the molecule is CS(=O)(=O)NCCCNS(=O)(=O)c1ccc(N)cc1. The number of hydrogen-bond donors (Lipinski definition) is 3. The molecule has 4 N–H and O–H groups in total. The summed E-state index contributed by atoms with van der Waals surface area (Å²) < 4.78 is 49.8. The van der Waals surface area contributed by atoms with Crippen LogP contribution in [0.15, 0.2) is 29.2 Å². The lowest BCUT2D eigenvalue weighted by molar-refractivity contribution is 0.575. The van der Waals surface area contributed by atoms with Gasteiger partial charge in [0, 0.05) is 18.8 Å². The number of nitrogen functional groups attached to an aromatic ring is 1. The minimum Gasteiger partial charge on any atom is -0.399 e. The van der Waals surface area contributed by atoms with Crippen molar-refractivity contribution in [1.82, 2.24) is 9.44 Å². The molecular weight excluding hydrogens is 290 g/mol. The zero-order valence-corrected chi connectivity index (χ0v) is 12.1. The summed E-state index contributed by atoms with van der Waals surface area (Å²) in [6.07, 6.45) is 1.41. The summed E-state index contributed by atoms with van der Waals surface area (Å²) in [5.74, 6) is 0. The monoisotopic (exact) mass is 307 g/mol. The zero-order valence-electron chi connectivity index (χ0n) is 10.5. The number of rotatable bonds is 7. The molecule has 7 nitrogen and oxygen atoms in total. The Labute approximate surface area is 113 Å². The molecule has 0 fully saturated rings. The van der Waals surface area contributed by atoms with Crippen molar-refractivity contribution in [3.05, 3.63) is 24.3 Å². The minimum absolute atomic E-state index is 0.123. The molecule has 1 aromatic carbocycles. The fourth-order valence-electron chi connectivity index (χ4n) is 1.28. The lowest BCUT2D eigenvalue weighted by Gasteiger charge is -2.07. The molecule has 1 aromatic rings. The fraction of sp³-hybridized carbons (Fsp3) is 0.400. The van der Waals surface area contributed by atoms with Crippen molar-refractivity contribution in [1.29, 1.82) is 0 Å². The molecule has 0 saturated heterocycles. The quantitative estimate of drug-likeness (QED) is 0.463. The molecule has 0 heterocycles. The van der Waals surface area contributed by atoms with Crippen LogP contribution in [0.1, 0.15) is 6.42 Å². The van der Waals surface area contributed by atoms with Crippen molar-refractivity contribution in [2.75, 3.05) is 25.1 Å². The number of sulfonamides is 2. The predicted octanol–water partition coefficient (Wildman–Crippen LogP) is -0.514. The van der Waals surface area contributed by atoms with Crippen LogP contribution in [0.2, 0.25) is 0 Å². The maximum atomic E-state index is 11.8. The summed E-state index contributed by atoms with van der Waals surface area (Å²) >= 11 is 0. The summed E-state index contributed by atoms with van der Waals surface area (Å²) in [5.41, 5.74) is 5.95. The highest BCUT2D eigenvalue weighted by molar-refractivity contribution is 7.89. The van der Waals surface area contributed by atoms with Crippen molar-refractivity contribution < 1.29 is 16.8 Å². The molecule has 0 saturated carbocycles. The number of hydrogen-bond acceptors (Lipinski definition) is 5. The number of nitrogens with two attached hydrogens (primary N) is 1. The van der Waals surface area contributed by atoms with E-state index >= 15 is 0 Å². The summed E-state index contributed by atoms with van der Waals surface area (Å²) in [6.45, 7) is 0.332. The second-order valence-electron chi connectivity index (χ2n) is 3.99. The Morgan fingerprint density at radius 3 is 2.05 bits per heavy atom. The first-order valence-corrected chi connectivity index (χ1v) is 8.88. The first kappa shape index (κ1) is 15.9. The first-order valence-electron chi connectivity index (χ1n) is 5.50. The number of anilines is 1. The molecule has 9 heteroatoms. The van der Waals surface area contributed by atoms with Crippen molar-refractivity contribution in [3.63, 3.8) is 0 Å². The van der Waals surface area contributed by atoms with Crippen molar-refractivity contribution in [2.24, 2.45) is 0 Å². The zero-order chi connectivity index (χ0) is 14.5. The maximum Gasteiger partial charge on any atom is 0.240 e. The van der Waals surface area contributed by atoms with Crippen LogP contribution in [0.25, 0.3) is 0 Å². The van der Waals surface area contributed by atoms with Crippen LogP contribution in [-0.4, -0.2) is 36.2 Å². The van der Waals surface area contributed by atoms with Gasteiger partial charge >= 0.3 is 0 Å². The van der Waals surface area contributed by atoms with Gasteiger partial charge in [0.25, 0.3) is 0 Å². The second kappa shape index (κ2) is 6.33. The van der Waals surface area contributed by atoms with Gasteiger partial charge in [-0.2, -0.15) is 0 Å². The third kappa shape index (κ3) is 6.01. The average molecular weight is 307 g/mol. The topological polar surface area (TPSA) is 118 Å². The summed E-state index contributed by atoms with van der Waals surface area (Å²) in [7, 11) is -6.81. The van der Waals surface area contributed by atoms with E-state index in [9.17, 15) is 16.8 Å². The smallest absolute Gasteiger partial charge is 0.240 e. The third-order valence-corrected chi connectivity index (χ3v) is 4.41. The van der Waals surface area contributed by atoms with Crippen LogP contribution < -0.4 is 15.2 Å². The predicted molar refractivity (Wildman–Crippen MR) is 73.5 cm³/mol. The Morgan fingerprint density at radius 2 is 1.53 bits per heavy atom. The third-order valence-electron chi connectivity index (χ3n) is 2.20. The lowest BCUT2D eigenvalue weighted by atomic mass is 10.3. The molecule has 0 aliphatic rings. The molecule has 0 amide bonds. The van der Waals surface area contributed by atoms with E-state index in [2.05, 4.69) is 9.44 Å². The van der Waals surface area contributed by atoms with Gasteiger partial charge in [0.05, 0.1) is 11.2 Å². The molecule has 108 valence electrons. The van der Waals surface area contributed by atoms with Gasteiger partial charge in [0.1, 0.15) is 0 Å². The molecule has 0 aliphatic heterocycles. The van der Waals surface area contributed by atoms with E-state index in [-0.39, 0.29) is 18.0 Å². The molecular formula is C10H17N3O4S2. The normalized spacial score (nSPS) is 12.5. The summed E-state index contributed by atoms with van der Waals surface area (Å²) in [4.78, 5) is 0.123. The number of nitrogens with one attached hydrogen (secondary N) is 2. The van der Waals surface area contributed by atoms with Gasteiger partial charge in [-0.3, -0.25) is 0 Å². The van der Waals surface area contributed by atoms with E-state index in [1.54, 1.807) is 0 Å². The molecule has 0 unspecified atom stereocenters. The van der Waals surface area contributed by atoms with E-state index in [0.29, 0.717) is 12.1 Å². The Hall–Kier alpha value is -1.16. The van der Waals surface area contributed by atoms with Gasteiger partial charge in [-0.25, -0.2) is 26.3 Å². The van der Waals surface area contributed by atoms with Crippen molar-refractivity contribution in [3.8, 4) is 0 Å². The van der Waals surface area contributed by atoms with Gasteiger partial charge in [-0.1, -0.05) is 0 Å². The van der Waals surface area contributed by atoms with E-state index < -0.39 is 20.0 Å². The summed E-state index contributed by atoms with van der Waals surface area (Å²) in [5, 5.41) is 0. The van der Waals surface area contributed by atoms with Crippen LogP contribution in [0.3, 0.4) is 0 Å². The van der Waals surface area contributed by atoms with Gasteiger partial charge in [0.2, 0.25) is 20.0 Å². The van der Waals surface area contributed by atoms with E-state index in [4.69, 9.17) is 5.73 Å². The Balaban J connectivity index is 2.46. The maximum absolute atomic E-state index is 11.8. The summed E-state index contributed by atoms with van der Waals surface area (Å²) in [6, 6.07) is 5.82. The standard InChI is InChI=1S/C10H17N3O4S2/c1-18(14,15)12-7-2-8-13-19(16,17)10-5-3-9(11)4-6-10/h3-6,12-13H,2,7-8,11H2,1H3. The molecule has 0 bridgehead atoms. The van der Waals surface area contributed by atoms with Crippen molar-refractivity contribution >= 4 is 25.7 Å². The highest BCUT2D eigenvalue weighted by Crippen LogP contribution is 2.11. The molecule has 0 spiro atoms. The highest BCUT2D eigenvalue weighted by Gasteiger charge is 2.12. The van der Waals surface area contributed by atoms with Gasteiger partial charge < -0.3 is 5.73 Å². The molecule has 0 aromatic heterocycles. The Morgan fingerprint density at radius 1 is 1.00 bits per heavy atom. The number of benzene rings is 1. The molecule has 0 radical (unpaired) electrons. The van der Waals surface area contributed by atoms with Gasteiger partial charge in [0.15, 0.2) is 0 Å². The molecule has 0 atom stereocenters. The van der Waals surface area contributed by atoms with Gasteiger partial charge in [-0.05, 0) is 30.7 Å². The molecule has 1 rings (SSSR count). The largest absolute Gasteiger partial charge is 0.399 e. The molecule has 19 heavy (non-hydrogen) atoms. The fourth-order valence-corrected chi connectivity index (χ4v) is 2.87. The van der Waals surface area contributed by atoms with Crippen LogP contribution >= 0.6 is 0 Å². The second-order valence-corrected chi connectivity index (χ2v) is 7.59. The minimum atomic E-state index is -3.58. The van der Waals surface area contributed by atoms with Crippen LogP contribution in [0, 0.1) is 0 Å². The van der Waals surface area contributed by atoms with Crippen LogP contribution in [0.5, 0.6) is 0 Å². The van der Waals surface area contributed by atoms with Crippen molar-refractivity contribution in [2.45, 2.75) is 11.3 Å². The van der Waals surface area contributed by atoms with E-state index in [1.165, 1.54) is 24.3 Å². The average Bonchev–Trinajstić information content (AvgIpc) is 2.27. The lowest BCUT2D eigenvalue weighted by Crippen LogP contribution is -2.29. The van der Waals surface area contributed by atoms with E-state index in [1.807, 2.05) is 0 Å².